The molecule has 6 nitrogen and oxygen atoms in total. The molecule has 1 rings (SSSR count). The molecule has 1 amide bonds. The number of hydrogen-bond donors (Lipinski definition) is 1. The van der Waals surface area contributed by atoms with Crippen molar-refractivity contribution in [1.29, 1.82) is 0 Å². The molecule has 0 heterocycles. The largest absolute Gasteiger partial charge is 0.416 e. The standard InChI is InChI=1S/C13H13F3N2O4/c1-17(8-11(19)13(14,15)16)12(20)7-6-9-4-2-3-5-10(9)18(21)22/h2-7,11,19H,8H2,1H3/b7-6+. The first-order valence-electron chi connectivity index (χ1n) is 6.04. The van der Waals surface area contributed by atoms with Crippen LogP contribution >= 0.6 is 0 Å². The van der Waals surface area contributed by atoms with Gasteiger partial charge in [-0.2, -0.15) is 13.2 Å². The molecule has 1 atom stereocenters. The van der Waals surface area contributed by atoms with Gasteiger partial charge in [0.15, 0.2) is 6.10 Å². The molecule has 0 aliphatic carbocycles. The summed E-state index contributed by atoms with van der Waals surface area (Å²) in [5.74, 6) is -0.818. The van der Waals surface area contributed by atoms with Gasteiger partial charge in [-0.3, -0.25) is 14.9 Å². The molecule has 0 fully saturated rings. The number of alkyl halides is 3. The van der Waals surface area contributed by atoms with Crippen LogP contribution in [0.2, 0.25) is 0 Å². The van der Waals surface area contributed by atoms with Crippen LogP contribution in [0, 0.1) is 10.1 Å². The molecule has 0 radical (unpaired) electrons. The number of nitro groups is 1. The summed E-state index contributed by atoms with van der Waals surface area (Å²) in [6, 6.07) is 5.60. The molecule has 0 bridgehead atoms. The molecule has 0 aromatic heterocycles. The van der Waals surface area contributed by atoms with E-state index in [4.69, 9.17) is 5.11 Å². The quantitative estimate of drug-likeness (QED) is 0.511. The fourth-order valence-corrected chi connectivity index (χ4v) is 1.54. The Balaban J connectivity index is 2.78. The van der Waals surface area contributed by atoms with E-state index in [2.05, 4.69) is 0 Å². The minimum atomic E-state index is -4.82. The summed E-state index contributed by atoms with van der Waals surface area (Å²) < 4.78 is 36.6. The van der Waals surface area contributed by atoms with Crippen molar-refractivity contribution < 1.29 is 28.0 Å². The first-order chi connectivity index (χ1) is 10.1. The van der Waals surface area contributed by atoms with Gasteiger partial charge in [-0.1, -0.05) is 12.1 Å². The lowest BCUT2D eigenvalue weighted by Crippen LogP contribution is -2.41. The van der Waals surface area contributed by atoms with Crippen molar-refractivity contribution in [1.82, 2.24) is 4.90 Å². The van der Waals surface area contributed by atoms with Gasteiger partial charge < -0.3 is 10.0 Å². The topological polar surface area (TPSA) is 83.7 Å². The number of halogens is 3. The summed E-state index contributed by atoms with van der Waals surface area (Å²) in [4.78, 5) is 22.5. The molecule has 22 heavy (non-hydrogen) atoms. The maximum Gasteiger partial charge on any atom is 0.416 e. The van der Waals surface area contributed by atoms with Crippen LogP contribution in [0.15, 0.2) is 30.3 Å². The molecule has 1 N–H and O–H groups in total. The van der Waals surface area contributed by atoms with Gasteiger partial charge in [0.2, 0.25) is 5.91 Å². The number of rotatable bonds is 5. The monoisotopic (exact) mass is 318 g/mol. The van der Waals surface area contributed by atoms with Crippen LogP contribution < -0.4 is 0 Å². The second-order valence-corrected chi connectivity index (χ2v) is 4.43. The third-order valence-corrected chi connectivity index (χ3v) is 2.74. The molecule has 1 aromatic rings. The van der Waals surface area contributed by atoms with Gasteiger partial charge >= 0.3 is 6.18 Å². The van der Waals surface area contributed by atoms with Crippen molar-refractivity contribution in [2.45, 2.75) is 12.3 Å². The van der Waals surface area contributed by atoms with Crippen LogP contribution in [-0.2, 0) is 4.79 Å². The normalized spacial score (nSPS) is 13.1. The van der Waals surface area contributed by atoms with Crippen LogP contribution in [0.25, 0.3) is 6.08 Å². The Morgan fingerprint density at radius 1 is 1.45 bits per heavy atom. The van der Waals surface area contributed by atoms with Crippen molar-refractivity contribution in [3.05, 3.63) is 46.0 Å². The minimum absolute atomic E-state index is 0.144. The highest BCUT2D eigenvalue weighted by Gasteiger charge is 2.39. The zero-order valence-electron chi connectivity index (χ0n) is 11.4. The van der Waals surface area contributed by atoms with E-state index >= 15 is 0 Å². The summed E-state index contributed by atoms with van der Waals surface area (Å²) in [6.45, 7) is -0.927. The van der Waals surface area contributed by atoms with Gasteiger partial charge in [-0.15, -0.1) is 0 Å². The van der Waals surface area contributed by atoms with E-state index in [0.29, 0.717) is 4.90 Å². The number of aliphatic hydroxyl groups excluding tert-OH is 1. The zero-order chi connectivity index (χ0) is 16.9. The van der Waals surface area contributed by atoms with Crippen LogP contribution in [0.1, 0.15) is 5.56 Å². The molecule has 0 spiro atoms. The average molecular weight is 318 g/mol. The Labute approximate surface area is 123 Å². The van der Waals surface area contributed by atoms with E-state index in [0.717, 1.165) is 19.2 Å². The highest BCUT2D eigenvalue weighted by molar-refractivity contribution is 5.92. The smallest absolute Gasteiger partial charge is 0.382 e. The van der Waals surface area contributed by atoms with E-state index < -0.39 is 29.7 Å². The van der Waals surface area contributed by atoms with Gasteiger partial charge in [-0.05, 0) is 12.1 Å². The van der Waals surface area contributed by atoms with Crippen molar-refractivity contribution in [2.24, 2.45) is 0 Å². The van der Waals surface area contributed by atoms with Gasteiger partial charge in [0.1, 0.15) is 0 Å². The highest BCUT2D eigenvalue weighted by Crippen LogP contribution is 2.21. The third-order valence-electron chi connectivity index (χ3n) is 2.74. The molecular weight excluding hydrogens is 305 g/mol. The van der Waals surface area contributed by atoms with E-state index in [1.54, 1.807) is 0 Å². The number of para-hydroxylation sites is 1. The van der Waals surface area contributed by atoms with Crippen LogP contribution in [-0.4, -0.2) is 46.7 Å². The Kier molecular flexibility index (Phi) is 5.63. The van der Waals surface area contributed by atoms with E-state index in [1.807, 2.05) is 0 Å². The third kappa shape index (κ3) is 4.85. The summed E-state index contributed by atoms with van der Waals surface area (Å²) in [5, 5.41) is 19.6. The summed E-state index contributed by atoms with van der Waals surface area (Å²) >= 11 is 0. The number of benzene rings is 1. The SMILES string of the molecule is CN(CC(O)C(F)(F)F)C(=O)/C=C/c1ccccc1[N+](=O)[O-]. The summed E-state index contributed by atoms with van der Waals surface area (Å²) in [7, 11) is 1.08. The van der Waals surface area contributed by atoms with E-state index in [1.165, 1.54) is 24.3 Å². The number of likely N-dealkylation sites (N-methyl/N-ethyl adjacent to an activating group) is 1. The average Bonchev–Trinajstić information content (AvgIpc) is 2.43. The molecule has 1 aromatic carbocycles. The minimum Gasteiger partial charge on any atom is -0.382 e. The molecule has 0 aliphatic heterocycles. The molecular formula is C13H13F3N2O4. The summed E-state index contributed by atoms with van der Waals surface area (Å²) in [5.41, 5.74) is -0.0878. The molecule has 1 unspecified atom stereocenters. The zero-order valence-corrected chi connectivity index (χ0v) is 11.4. The lowest BCUT2D eigenvalue weighted by Gasteiger charge is -2.21. The predicted octanol–water partition coefficient (Wildman–Crippen LogP) is 1.99. The molecule has 0 saturated carbocycles. The van der Waals surface area contributed by atoms with Gasteiger partial charge in [0, 0.05) is 19.2 Å². The number of carbonyl (C=O) groups excluding carboxylic acids is 1. The molecule has 0 aliphatic rings. The van der Waals surface area contributed by atoms with Gasteiger partial charge in [-0.25, -0.2) is 0 Å². The summed E-state index contributed by atoms with van der Waals surface area (Å²) in [6.07, 6.45) is -5.43. The fourth-order valence-electron chi connectivity index (χ4n) is 1.54. The Morgan fingerprint density at radius 2 is 2.05 bits per heavy atom. The van der Waals surface area contributed by atoms with Crippen molar-refractivity contribution in [3.63, 3.8) is 0 Å². The van der Waals surface area contributed by atoms with Crippen LogP contribution in [0.5, 0.6) is 0 Å². The van der Waals surface area contributed by atoms with E-state index in [-0.39, 0.29) is 11.3 Å². The Hall–Kier alpha value is -2.42. The second kappa shape index (κ2) is 7.03. The Morgan fingerprint density at radius 3 is 2.59 bits per heavy atom. The van der Waals surface area contributed by atoms with Gasteiger partial charge in [0.05, 0.1) is 17.0 Å². The number of amides is 1. The number of nitrogens with zero attached hydrogens (tertiary/aromatic N) is 2. The number of nitro benzene ring substituents is 1. The van der Waals surface area contributed by atoms with Crippen LogP contribution in [0.4, 0.5) is 18.9 Å². The van der Waals surface area contributed by atoms with Crippen molar-refractivity contribution in [2.75, 3.05) is 13.6 Å². The maximum absolute atomic E-state index is 12.2. The molecule has 120 valence electrons. The fraction of sp³-hybridized carbons (Fsp3) is 0.308. The Bertz CT molecular complexity index is 587. The highest BCUT2D eigenvalue weighted by atomic mass is 19.4. The predicted molar refractivity (Wildman–Crippen MR) is 71.8 cm³/mol. The van der Waals surface area contributed by atoms with Gasteiger partial charge in [0.25, 0.3) is 5.69 Å². The molecule has 0 saturated heterocycles. The van der Waals surface area contributed by atoms with Crippen molar-refractivity contribution in [3.8, 4) is 0 Å². The van der Waals surface area contributed by atoms with Crippen LogP contribution in [0.3, 0.4) is 0 Å². The maximum atomic E-state index is 12.2. The van der Waals surface area contributed by atoms with E-state index in [9.17, 15) is 28.1 Å². The lowest BCUT2D eigenvalue weighted by molar-refractivity contribution is -0.385. The number of aliphatic hydroxyl groups is 1. The lowest BCUT2D eigenvalue weighted by atomic mass is 10.1. The van der Waals surface area contributed by atoms with Crippen molar-refractivity contribution >= 4 is 17.7 Å². The number of carbonyl (C=O) groups is 1. The second-order valence-electron chi connectivity index (χ2n) is 4.43. The molecule has 9 heteroatoms. The number of hydrogen-bond acceptors (Lipinski definition) is 4. The first-order valence-corrected chi connectivity index (χ1v) is 6.04. The first kappa shape index (κ1) is 17.6.